The van der Waals surface area contributed by atoms with Crippen molar-refractivity contribution in [1.82, 2.24) is 20.2 Å². The number of thioether (sulfide) groups is 1. The lowest BCUT2D eigenvalue weighted by Crippen LogP contribution is -2.21. The molecule has 1 N–H and O–H groups in total. The number of nitro benzene ring substituents is 1. The quantitative estimate of drug-likeness (QED) is 0.234. The predicted molar refractivity (Wildman–Crippen MR) is 118 cm³/mol. The molecule has 11 heteroatoms. The van der Waals surface area contributed by atoms with Crippen molar-refractivity contribution in [1.29, 1.82) is 0 Å². The van der Waals surface area contributed by atoms with Crippen molar-refractivity contribution in [2.75, 3.05) is 5.75 Å². The van der Waals surface area contributed by atoms with E-state index >= 15 is 0 Å². The molecule has 1 aromatic heterocycles. The fourth-order valence-corrected chi connectivity index (χ4v) is 3.46. The number of aromatic nitrogens is 3. The van der Waals surface area contributed by atoms with Crippen LogP contribution in [-0.4, -0.2) is 37.1 Å². The molecule has 154 valence electrons. The minimum Gasteiger partial charge on any atom is -0.305 e. The van der Waals surface area contributed by atoms with Gasteiger partial charge in [0, 0.05) is 29.2 Å². The summed E-state index contributed by atoms with van der Waals surface area (Å²) >= 11 is 4.65. The highest BCUT2D eigenvalue weighted by molar-refractivity contribution is 9.10. The van der Waals surface area contributed by atoms with Crippen LogP contribution in [0.1, 0.15) is 12.5 Å². The molecular weight excluding hydrogens is 472 g/mol. The molecule has 0 radical (unpaired) electrons. The number of carbonyl (C=O) groups excluding carboxylic acids is 1. The largest absolute Gasteiger partial charge is 0.305 e. The van der Waals surface area contributed by atoms with Crippen LogP contribution in [0.3, 0.4) is 0 Å². The first-order valence-electron chi connectivity index (χ1n) is 8.71. The maximum Gasteiger partial charge on any atom is 0.269 e. The van der Waals surface area contributed by atoms with Gasteiger partial charge in [-0.3, -0.25) is 14.9 Å². The van der Waals surface area contributed by atoms with Crippen LogP contribution >= 0.6 is 27.7 Å². The maximum atomic E-state index is 12.1. The fourth-order valence-electron chi connectivity index (χ4n) is 2.49. The Balaban J connectivity index is 1.57. The smallest absolute Gasteiger partial charge is 0.269 e. The lowest BCUT2D eigenvalue weighted by atomic mass is 10.1. The van der Waals surface area contributed by atoms with E-state index in [1.54, 1.807) is 19.1 Å². The number of nitrogens with zero attached hydrogens (tertiary/aromatic N) is 5. The van der Waals surface area contributed by atoms with Crippen molar-refractivity contribution in [3.63, 3.8) is 0 Å². The summed E-state index contributed by atoms with van der Waals surface area (Å²) in [7, 11) is 1.84. The summed E-state index contributed by atoms with van der Waals surface area (Å²) in [5.41, 5.74) is 4.63. The van der Waals surface area contributed by atoms with Crippen LogP contribution in [0, 0.1) is 10.1 Å². The molecule has 0 saturated heterocycles. The van der Waals surface area contributed by atoms with E-state index in [0.717, 1.165) is 10.0 Å². The Morgan fingerprint density at radius 3 is 2.50 bits per heavy atom. The second-order valence-electron chi connectivity index (χ2n) is 6.20. The normalized spacial score (nSPS) is 11.4. The van der Waals surface area contributed by atoms with Gasteiger partial charge >= 0.3 is 0 Å². The molecule has 2 aromatic carbocycles. The number of amides is 1. The van der Waals surface area contributed by atoms with Gasteiger partial charge < -0.3 is 4.57 Å². The molecule has 0 saturated carbocycles. The zero-order chi connectivity index (χ0) is 21.7. The summed E-state index contributed by atoms with van der Waals surface area (Å²) in [6.45, 7) is 1.71. The van der Waals surface area contributed by atoms with E-state index in [0.29, 0.717) is 22.3 Å². The van der Waals surface area contributed by atoms with Crippen molar-refractivity contribution in [2.45, 2.75) is 12.1 Å². The van der Waals surface area contributed by atoms with Gasteiger partial charge in [0.2, 0.25) is 0 Å². The molecule has 1 heterocycles. The Hall–Kier alpha value is -3.05. The molecule has 0 fully saturated rings. The molecular formula is C19H17BrN6O3S. The summed E-state index contributed by atoms with van der Waals surface area (Å²) in [6.07, 6.45) is 0. The highest BCUT2D eigenvalue weighted by Gasteiger charge is 2.13. The lowest BCUT2D eigenvalue weighted by Gasteiger charge is -2.05. The average molecular weight is 489 g/mol. The zero-order valence-electron chi connectivity index (χ0n) is 16.1. The first-order chi connectivity index (χ1) is 14.3. The van der Waals surface area contributed by atoms with Gasteiger partial charge in [-0.2, -0.15) is 5.10 Å². The highest BCUT2D eigenvalue weighted by atomic mass is 79.9. The topological polar surface area (TPSA) is 115 Å². The number of hydrogen-bond donors (Lipinski definition) is 1. The number of hydrazone groups is 1. The van der Waals surface area contributed by atoms with Crippen LogP contribution in [0.4, 0.5) is 5.69 Å². The molecule has 3 aromatic rings. The molecule has 3 rings (SSSR count). The third-order valence-corrected chi connectivity index (χ3v) is 5.66. The molecule has 0 unspecified atom stereocenters. The minimum absolute atomic E-state index is 0.00170. The van der Waals surface area contributed by atoms with Gasteiger partial charge in [-0.05, 0) is 36.8 Å². The van der Waals surface area contributed by atoms with Crippen LogP contribution < -0.4 is 5.43 Å². The third kappa shape index (κ3) is 5.30. The number of carbonyl (C=O) groups is 1. The Morgan fingerprint density at radius 1 is 1.20 bits per heavy atom. The van der Waals surface area contributed by atoms with Crippen molar-refractivity contribution >= 4 is 45.0 Å². The van der Waals surface area contributed by atoms with Crippen LogP contribution in [0.15, 0.2) is 63.3 Å². The van der Waals surface area contributed by atoms with E-state index in [1.165, 1.54) is 23.9 Å². The van der Waals surface area contributed by atoms with Crippen LogP contribution in [0.2, 0.25) is 0 Å². The second-order valence-corrected chi connectivity index (χ2v) is 8.06. The number of hydrogen-bond acceptors (Lipinski definition) is 7. The monoisotopic (exact) mass is 488 g/mol. The van der Waals surface area contributed by atoms with Gasteiger partial charge in [-0.15, -0.1) is 10.2 Å². The molecule has 0 bridgehead atoms. The number of rotatable bonds is 7. The Morgan fingerprint density at radius 2 is 1.87 bits per heavy atom. The average Bonchev–Trinajstić information content (AvgIpc) is 3.11. The van der Waals surface area contributed by atoms with Crippen molar-refractivity contribution in [3.05, 3.63) is 68.7 Å². The van der Waals surface area contributed by atoms with Crippen LogP contribution in [0.5, 0.6) is 0 Å². The maximum absolute atomic E-state index is 12.1. The molecule has 0 atom stereocenters. The van der Waals surface area contributed by atoms with Crippen molar-refractivity contribution < 1.29 is 9.72 Å². The van der Waals surface area contributed by atoms with Crippen LogP contribution in [0.25, 0.3) is 11.4 Å². The van der Waals surface area contributed by atoms with E-state index in [1.807, 2.05) is 35.9 Å². The number of non-ortho nitro benzene ring substituents is 1. The van der Waals surface area contributed by atoms with Crippen molar-refractivity contribution in [3.8, 4) is 11.4 Å². The van der Waals surface area contributed by atoms with Gasteiger partial charge in [-0.1, -0.05) is 39.8 Å². The zero-order valence-corrected chi connectivity index (χ0v) is 18.5. The summed E-state index contributed by atoms with van der Waals surface area (Å²) < 4.78 is 2.80. The molecule has 9 nitrogen and oxygen atoms in total. The Labute approximate surface area is 184 Å². The van der Waals surface area contributed by atoms with E-state index < -0.39 is 4.92 Å². The lowest BCUT2D eigenvalue weighted by molar-refractivity contribution is -0.384. The highest BCUT2D eigenvalue weighted by Crippen LogP contribution is 2.23. The van der Waals surface area contributed by atoms with Crippen molar-refractivity contribution in [2.24, 2.45) is 12.1 Å². The molecule has 0 aliphatic rings. The van der Waals surface area contributed by atoms with Gasteiger partial charge in [0.25, 0.3) is 11.6 Å². The molecule has 1 amide bonds. The Kier molecular flexibility index (Phi) is 6.95. The number of benzene rings is 2. The number of nitrogens with one attached hydrogen (secondary N) is 1. The van der Waals surface area contributed by atoms with Gasteiger partial charge in [-0.25, -0.2) is 5.43 Å². The standard InChI is InChI=1S/C19H17BrN6O3S/c1-12(13-5-9-16(10-6-13)26(28)29)21-22-17(27)11-30-19-24-23-18(25(19)2)14-3-7-15(20)8-4-14/h3-10H,11H2,1-2H3,(H,22,27). The first-order valence-corrected chi connectivity index (χ1v) is 10.5. The summed E-state index contributed by atoms with van der Waals surface area (Å²) in [5.74, 6) is 0.524. The predicted octanol–water partition coefficient (Wildman–Crippen LogP) is 3.79. The molecule has 0 spiro atoms. The third-order valence-electron chi connectivity index (χ3n) is 4.11. The molecule has 0 aliphatic carbocycles. The summed E-state index contributed by atoms with van der Waals surface area (Å²) in [6, 6.07) is 13.7. The molecule has 0 aliphatic heterocycles. The van der Waals surface area contributed by atoms with E-state index in [2.05, 4.69) is 36.7 Å². The first kappa shape index (κ1) is 21.7. The summed E-state index contributed by atoms with van der Waals surface area (Å²) in [5, 5.41) is 23.7. The van der Waals surface area contributed by atoms with Gasteiger partial charge in [0.15, 0.2) is 11.0 Å². The van der Waals surface area contributed by atoms with E-state index in [-0.39, 0.29) is 17.3 Å². The van der Waals surface area contributed by atoms with E-state index in [9.17, 15) is 14.9 Å². The Bertz CT molecular complexity index is 1100. The summed E-state index contributed by atoms with van der Waals surface area (Å²) in [4.78, 5) is 22.4. The second kappa shape index (κ2) is 9.63. The number of nitro groups is 1. The fraction of sp³-hybridized carbons (Fsp3) is 0.158. The van der Waals surface area contributed by atoms with Gasteiger partial charge in [0.05, 0.1) is 16.4 Å². The molecule has 30 heavy (non-hydrogen) atoms. The minimum atomic E-state index is -0.468. The SMILES string of the molecule is CC(=NNC(=O)CSc1nnc(-c2ccc(Br)cc2)n1C)c1ccc([N+](=O)[O-])cc1. The van der Waals surface area contributed by atoms with Crippen LogP contribution in [-0.2, 0) is 11.8 Å². The number of halogens is 1. The van der Waals surface area contributed by atoms with E-state index in [4.69, 9.17) is 0 Å². The van der Waals surface area contributed by atoms with Gasteiger partial charge in [0.1, 0.15) is 0 Å².